The van der Waals surface area contributed by atoms with Crippen LogP contribution in [0.25, 0.3) is 0 Å². The summed E-state index contributed by atoms with van der Waals surface area (Å²) >= 11 is 5.91. The third-order valence-electron chi connectivity index (χ3n) is 5.50. The lowest BCUT2D eigenvalue weighted by atomic mass is 9.97. The summed E-state index contributed by atoms with van der Waals surface area (Å²) < 4.78 is 0. The number of carbonyl (C=O) groups is 3. The van der Waals surface area contributed by atoms with Crippen molar-refractivity contribution in [2.75, 3.05) is 26.2 Å². The molecule has 1 heterocycles. The fourth-order valence-electron chi connectivity index (χ4n) is 3.73. The third kappa shape index (κ3) is 4.36. The van der Waals surface area contributed by atoms with E-state index in [4.69, 9.17) is 11.6 Å². The highest BCUT2D eigenvalue weighted by molar-refractivity contribution is 6.30. The quantitative estimate of drug-likeness (QED) is 0.614. The number of hydrogen-bond donors (Lipinski definition) is 1. The van der Waals surface area contributed by atoms with Crippen LogP contribution < -0.4 is 0 Å². The molecule has 1 aliphatic rings. The zero-order valence-electron chi connectivity index (χ0n) is 17.2. The zero-order valence-corrected chi connectivity index (χ0v) is 18.0. The van der Waals surface area contributed by atoms with Gasteiger partial charge in [-0.1, -0.05) is 41.9 Å². The Bertz CT molecular complexity index is 1170. The number of benzene rings is 3. The van der Waals surface area contributed by atoms with E-state index in [1.54, 1.807) is 76.5 Å². The molecule has 6 nitrogen and oxygen atoms in total. The molecule has 0 bridgehead atoms. The van der Waals surface area contributed by atoms with Gasteiger partial charge in [0.25, 0.3) is 11.8 Å². The number of nitrogens with zero attached hydrogens (tertiary/aromatic N) is 2. The Morgan fingerprint density at radius 2 is 1.12 bits per heavy atom. The molecule has 162 valence electrons. The van der Waals surface area contributed by atoms with Crippen molar-refractivity contribution in [2.45, 2.75) is 0 Å². The molecule has 0 atom stereocenters. The molecule has 1 fully saturated rings. The highest BCUT2D eigenvalue weighted by Gasteiger charge is 2.28. The molecule has 0 radical (unpaired) electrons. The van der Waals surface area contributed by atoms with Crippen molar-refractivity contribution in [3.05, 3.63) is 100 Å². The number of rotatable bonds is 4. The first-order chi connectivity index (χ1) is 15.5. The molecular weight excluding hydrogens is 428 g/mol. The van der Waals surface area contributed by atoms with Gasteiger partial charge in [0.15, 0.2) is 5.78 Å². The van der Waals surface area contributed by atoms with E-state index in [1.165, 1.54) is 6.07 Å². The maximum Gasteiger partial charge on any atom is 0.257 e. The first-order valence-electron chi connectivity index (χ1n) is 10.2. The van der Waals surface area contributed by atoms with Gasteiger partial charge >= 0.3 is 0 Å². The maximum absolute atomic E-state index is 13.2. The second kappa shape index (κ2) is 9.24. The smallest absolute Gasteiger partial charge is 0.257 e. The van der Waals surface area contributed by atoms with Crippen molar-refractivity contribution in [2.24, 2.45) is 0 Å². The minimum atomic E-state index is -0.270. The molecule has 0 unspecified atom stereocenters. The van der Waals surface area contributed by atoms with Crippen molar-refractivity contribution in [1.29, 1.82) is 0 Å². The number of para-hydroxylation sites is 1. The third-order valence-corrected chi connectivity index (χ3v) is 5.75. The summed E-state index contributed by atoms with van der Waals surface area (Å²) in [7, 11) is 0. The van der Waals surface area contributed by atoms with Crippen LogP contribution in [0.1, 0.15) is 36.6 Å². The van der Waals surface area contributed by atoms with Gasteiger partial charge in [-0.3, -0.25) is 14.4 Å². The second-order valence-corrected chi connectivity index (χ2v) is 7.92. The molecule has 2 amide bonds. The van der Waals surface area contributed by atoms with Gasteiger partial charge < -0.3 is 14.9 Å². The van der Waals surface area contributed by atoms with Gasteiger partial charge in [0.05, 0.1) is 11.1 Å². The highest BCUT2D eigenvalue weighted by atomic mass is 35.5. The maximum atomic E-state index is 13.2. The lowest BCUT2D eigenvalue weighted by Gasteiger charge is -2.35. The van der Waals surface area contributed by atoms with Gasteiger partial charge in [-0.05, 0) is 42.5 Å². The van der Waals surface area contributed by atoms with Gasteiger partial charge in [0.1, 0.15) is 5.75 Å². The van der Waals surface area contributed by atoms with Crippen molar-refractivity contribution in [3.8, 4) is 5.75 Å². The van der Waals surface area contributed by atoms with Crippen LogP contribution in [0.4, 0.5) is 0 Å². The molecule has 0 aliphatic carbocycles. The van der Waals surface area contributed by atoms with Crippen molar-refractivity contribution in [3.63, 3.8) is 0 Å². The van der Waals surface area contributed by atoms with E-state index in [0.29, 0.717) is 47.9 Å². The molecule has 3 aromatic carbocycles. The Morgan fingerprint density at radius 3 is 1.69 bits per heavy atom. The standard InChI is InChI=1S/C25H21ClN2O4/c26-18-11-9-17(10-12-18)23(30)19-5-1-2-6-20(19)24(31)27-13-15-28(16-14-27)25(32)21-7-3-4-8-22(21)29/h1-12,29H,13-16H2. The van der Waals surface area contributed by atoms with E-state index in [2.05, 4.69) is 0 Å². The molecule has 32 heavy (non-hydrogen) atoms. The molecule has 1 saturated heterocycles. The largest absolute Gasteiger partial charge is 0.507 e. The van der Waals surface area contributed by atoms with Crippen LogP contribution in [0.3, 0.4) is 0 Å². The van der Waals surface area contributed by atoms with E-state index < -0.39 is 0 Å². The normalized spacial score (nSPS) is 13.7. The first-order valence-corrected chi connectivity index (χ1v) is 10.6. The summed E-state index contributed by atoms with van der Waals surface area (Å²) in [6.45, 7) is 1.35. The minimum Gasteiger partial charge on any atom is -0.507 e. The van der Waals surface area contributed by atoms with E-state index >= 15 is 0 Å². The summed E-state index contributed by atoms with van der Waals surface area (Å²) in [5, 5.41) is 10.5. The zero-order chi connectivity index (χ0) is 22.7. The topological polar surface area (TPSA) is 77.9 Å². The molecule has 1 aliphatic heterocycles. The van der Waals surface area contributed by atoms with Crippen molar-refractivity contribution >= 4 is 29.2 Å². The Balaban J connectivity index is 1.48. The fourth-order valence-corrected chi connectivity index (χ4v) is 3.86. The predicted octanol–water partition coefficient (Wildman–Crippen LogP) is 3.87. The fraction of sp³-hybridized carbons (Fsp3) is 0.160. The Labute approximate surface area is 190 Å². The van der Waals surface area contributed by atoms with Crippen molar-refractivity contribution in [1.82, 2.24) is 9.80 Å². The first kappa shape index (κ1) is 21.6. The summed E-state index contributed by atoms with van der Waals surface area (Å²) in [6, 6.07) is 19.7. The molecule has 4 rings (SSSR count). The molecular formula is C25H21ClN2O4. The van der Waals surface area contributed by atoms with Crippen LogP contribution in [-0.4, -0.2) is 58.7 Å². The number of ketones is 1. The van der Waals surface area contributed by atoms with Gasteiger partial charge in [-0.15, -0.1) is 0 Å². The monoisotopic (exact) mass is 448 g/mol. The highest BCUT2D eigenvalue weighted by Crippen LogP contribution is 2.21. The number of carbonyl (C=O) groups excluding carboxylic acids is 3. The minimum absolute atomic E-state index is 0.0642. The number of piperazine rings is 1. The molecule has 0 spiro atoms. The van der Waals surface area contributed by atoms with Crippen LogP contribution >= 0.6 is 11.6 Å². The molecule has 1 N–H and O–H groups in total. The number of amides is 2. The van der Waals surface area contributed by atoms with Crippen LogP contribution in [-0.2, 0) is 0 Å². The van der Waals surface area contributed by atoms with Gasteiger partial charge in [-0.2, -0.15) is 0 Å². The van der Waals surface area contributed by atoms with Crippen LogP contribution in [0.15, 0.2) is 72.8 Å². The summed E-state index contributed by atoms with van der Waals surface area (Å²) in [4.78, 5) is 42.2. The number of hydrogen-bond acceptors (Lipinski definition) is 4. The van der Waals surface area contributed by atoms with Gasteiger partial charge in [-0.25, -0.2) is 0 Å². The molecule has 0 saturated carbocycles. The number of phenolic OH excluding ortho intramolecular Hbond substituents is 1. The Kier molecular flexibility index (Phi) is 6.23. The van der Waals surface area contributed by atoms with Crippen LogP contribution in [0, 0.1) is 0 Å². The Morgan fingerprint density at radius 1 is 0.656 bits per heavy atom. The van der Waals surface area contributed by atoms with Crippen LogP contribution in [0.5, 0.6) is 5.75 Å². The predicted molar refractivity (Wildman–Crippen MR) is 121 cm³/mol. The lowest BCUT2D eigenvalue weighted by molar-refractivity contribution is 0.0533. The van der Waals surface area contributed by atoms with Gasteiger partial charge in [0, 0.05) is 42.3 Å². The molecule has 7 heteroatoms. The van der Waals surface area contributed by atoms with E-state index in [9.17, 15) is 19.5 Å². The SMILES string of the molecule is O=C(c1ccc(Cl)cc1)c1ccccc1C(=O)N1CCN(C(=O)c2ccccc2O)CC1. The number of phenols is 1. The summed E-state index contributed by atoms with van der Waals surface area (Å²) in [5.74, 6) is -0.837. The van der Waals surface area contributed by atoms with E-state index in [0.717, 1.165) is 0 Å². The second-order valence-electron chi connectivity index (χ2n) is 7.48. The van der Waals surface area contributed by atoms with Crippen LogP contribution in [0.2, 0.25) is 5.02 Å². The number of aromatic hydroxyl groups is 1. The summed E-state index contributed by atoms with van der Waals surface area (Å²) in [6.07, 6.45) is 0. The number of halogens is 1. The summed E-state index contributed by atoms with van der Waals surface area (Å²) in [5.41, 5.74) is 1.35. The van der Waals surface area contributed by atoms with Gasteiger partial charge in [0.2, 0.25) is 0 Å². The average molecular weight is 449 g/mol. The van der Waals surface area contributed by atoms with E-state index in [-0.39, 0.29) is 28.9 Å². The molecule has 3 aromatic rings. The van der Waals surface area contributed by atoms with E-state index in [1.807, 2.05) is 0 Å². The lowest BCUT2D eigenvalue weighted by Crippen LogP contribution is -2.50. The van der Waals surface area contributed by atoms with Crippen molar-refractivity contribution < 1.29 is 19.5 Å². The Hall–Kier alpha value is -3.64. The molecule has 0 aromatic heterocycles. The average Bonchev–Trinajstić information content (AvgIpc) is 2.83.